The Kier molecular flexibility index (Phi) is 14.5. The van der Waals surface area contributed by atoms with Crippen LogP contribution in [-0.4, -0.2) is 19.5 Å². The molecule has 0 radical (unpaired) electrons. The second-order valence-electron chi connectivity index (χ2n) is 6.90. The van der Waals surface area contributed by atoms with E-state index in [2.05, 4.69) is 52.5 Å². The second kappa shape index (κ2) is 15.2. The van der Waals surface area contributed by atoms with E-state index in [4.69, 9.17) is 9.47 Å². The van der Waals surface area contributed by atoms with Crippen LogP contribution in [0.1, 0.15) is 80.1 Å². The fourth-order valence-corrected chi connectivity index (χ4v) is 2.55. The lowest BCUT2D eigenvalue weighted by Crippen LogP contribution is -2.19. The third-order valence-corrected chi connectivity index (χ3v) is 4.05. The highest BCUT2D eigenvalue weighted by Gasteiger charge is 2.11. The summed E-state index contributed by atoms with van der Waals surface area (Å²) in [6, 6.07) is 0. The van der Waals surface area contributed by atoms with E-state index in [1.165, 1.54) is 23.1 Å². The lowest BCUT2D eigenvalue weighted by atomic mass is 10.0. The molecule has 2 nitrogen and oxygen atoms in total. The van der Waals surface area contributed by atoms with Gasteiger partial charge in [0.25, 0.3) is 0 Å². The van der Waals surface area contributed by atoms with Crippen LogP contribution < -0.4 is 0 Å². The van der Waals surface area contributed by atoms with Gasteiger partial charge in [-0.2, -0.15) is 0 Å². The molecule has 0 aromatic rings. The van der Waals surface area contributed by atoms with Crippen molar-refractivity contribution in [3.05, 3.63) is 47.1 Å². The molecule has 0 unspecified atom stereocenters. The predicted octanol–water partition coefficient (Wildman–Crippen LogP) is 7.14. The summed E-state index contributed by atoms with van der Waals surface area (Å²) in [7, 11) is 0. The summed E-state index contributed by atoms with van der Waals surface area (Å²) in [5, 5.41) is 0. The van der Waals surface area contributed by atoms with Crippen molar-refractivity contribution < 1.29 is 9.47 Å². The third kappa shape index (κ3) is 13.8. The first kappa shape index (κ1) is 23.9. The fourth-order valence-electron chi connectivity index (χ4n) is 2.55. The first-order valence-electron chi connectivity index (χ1n) is 9.76. The van der Waals surface area contributed by atoms with Crippen LogP contribution in [0, 0.1) is 0 Å². The van der Waals surface area contributed by atoms with E-state index in [-0.39, 0.29) is 6.29 Å². The molecule has 0 saturated carbocycles. The topological polar surface area (TPSA) is 18.5 Å². The zero-order valence-electron chi connectivity index (χ0n) is 17.5. The fraction of sp³-hybridized carbons (Fsp3) is 0.652. The molecule has 0 aromatic carbocycles. The normalized spacial score (nSPS) is 12.6. The van der Waals surface area contributed by atoms with Gasteiger partial charge < -0.3 is 9.47 Å². The molecular formula is C23H40O2. The first-order chi connectivity index (χ1) is 11.9. The number of allylic oxidation sites excluding steroid dienone is 6. The average Bonchev–Trinajstić information content (AvgIpc) is 2.54. The molecule has 0 aliphatic heterocycles. The molecule has 0 aliphatic rings. The maximum Gasteiger partial charge on any atom is 0.179 e. The summed E-state index contributed by atoms with van der Waals surface area (Å²) >= 11 is 0. The average molecular weight is 349 g/mol. The van der Waals surface area contributed by atoms with E-state index < -0.39 is 0 Å². The van der Waals surface area contributed by atoms with Crippen molar-refractivity contribution in [3.8, 4) is 0 Å². The molecule has 0 heterocycles. The number of ether oxygens (including phenoxy) is 2. The second-order valence-corrected chi connectivity index (χ2v) is 6.90. The smallest absolute Gasteiger partial charge is 0.179 e. The van der Waals surface area contributed by atoms with Crippen LogP contribution in [0.15, 0.2) is 47.1 Å². The summed E-state index contributed by atoms with van der Waals surface area (Å²) < 4.78 is 11.2. The van der Waals surface area contributed by atoms with Gasteiger partial charge >= 0.3 is 0 Å². The van der Waals surface area contributed by atoms with Gasteiger partial charge in [0.15, 0.2) is 6.29 Å². The zero-order chi connectivity index (χ0) is 19.1. The standard InChI is InChI=1S/C23H40O2/c1-8-24-23(25-9-2)22(7)18-12-17-21(6)16-11-15-20(5)14-10-13-19(3)4/h13,15,17,23H,7-12,14,16,18H2,1-6H3. The van der Waals surface area contributed by atoms with Crippen molar-refractivity contribution in [2.45, 2.75) is 86.4 Å². The van der Waals surface area contributed by atoms with Crippen LogP contribution in [0.5, 0.6) is 0 Å². The summed E-state index contributed by atoms with van der Waals surface area (Å²) in [6.07, 6.45) is 13.3. The van der Waals surface area contributed by atoms with Crippen LogP contribution in [0.25, 0.3) is 0 Å². The van der Waals surface area contributed by atoms with Gasteiger partial charge in [0.05, 0.1) is 0 Å². The largest absolute Gasteiger partial charge is 0.349 e. The van der Waals surface area contributed by atoms with E-state index in [9.17, 15) is 0 Å². The number of hydrogen-bond donors (Lipinski definition) is 0. The minimum absolute atomic E-state index is 0.255. The molecule has 144 valence electrons. The Hall–Kier alpha value is -1.12. The van der Waals surface area contributed by atoms with Crippen molar-refractivity contribution in [3.63, 3.8) is 0 Å². The Morgan fingerprint density at radius 2 is 1.20 bits per heavy atom. The van der Waals surface area contributed by atoms with Crippen molar-refractivity contribution in [2.24, 2.45) is 0 Å². The molecule has 0 aromatic heterocycles. The third-order valence-electron chi connectivity index (χ3n) is 4.05. The molecule has 0 N–H and O–H groups in total. The van der Waals surface area contributed by atoms with Gasteiger partial charge in [-0.05, 0) is 85.6 Å². The summed E-state index contributed by atoms with van der Waals surface area (Å²) in [6.45, 7) is 18.2. The maximum atomic E-state index is 5.59. The summed E-state index contributed by atoms with van der Waals surface area (Å²) in [5.74, 6) is 0. The van der Waals surface area contributed by atoms with E-state index in [1.54, 1.807) is 0 Å². The van der Waals surface area contributed by atoms with Crippen molar-refractivity contribution in [1.82, 2.24) is 0 Å². The van der Waals surface area contributed by atoms with Crippen molar-refractivity contribution in [2.75, 3.05) is 13.2 Å². The van der Waals surface area contributed by atoms with Crippen LogP contribution in [0.3, 0.4) is 0 Å². The summed E-state index contributed by atoms with van der Waals surface area (Å²) in [4.78, 5) is 0. The summed E-state index contributed by atoms with van der Waals surface area (Å²) in [5.41, 5.74) is 5.38. The van der Waals surface area contributed by atoms with E-state index in [0.717, 1.165) is 37.7 Å². The quantitative estimate of drug-likeness (QED) is 0.245. The highest BCUT2D eigenvalue weighted by Crippen LogP contribution is 2.16. The van der Waals surface area contributed by atoms with Crippen LogP contribution in [-0.2, 0) is 9.47 Å². The maximum absolute atomic E-state index is 5.59. The number of hydrogen-bond acceptors (Lipinski definition) is 2. The highest BCUT2D eigenvalue weighted by atomic mass is 16.7. The van der Waals surface area contributed by atoms with Crippen molar-refractivity contribution in [1.29, 1.82) is 0 Å². The van der Waals surface area contributed by atoms with E-state index in [0.29, 0.717) is 13.2 Å². The Labute approximate surface area is 156 Å². The Morgan fingerprint density at radius 1 is 0.760 bits per heavy atom. The zero-order valence-corrected chi connectivity index (χ0v) is 17.5. The van der Waals surface area contributed by atoms with Gasteiger partial charge in [-0.15, -0.1) is 0 Å². The van der Waals surface area contributed by atoms with Gasteiger partial charge in [0.1, 0.15) is 0 Å². The minimum atomic E-state index is -0.255. The molecule has 0 spiro atoms. The molecule has 0 atom stereocenters. The molecule has 0 rings (SSSR count). The highest BCUT2D eigenvalue weighted by molar-refractivity contribution is 5.07. The van der Waals surface area contributed by atoms with Crippen LogP contribution in [0.4, 0.5) is 0 Å². The Balaban J connectivity index is 4.12. The van der Waals surface area contributed by atoms with Gasteiger partial charge in [-0.3, -0.25) is 0 Å². The van der Waals surface area contributed by atoms with E-state index in [1.807, 2.05) is 13.8 Å². The molecule has 0 aliphatic carbocycles. The molecule has 0 saturated heterocycles. The van der Waals surface area contributed by atoms with Crippen LogP contribution in [0.2, 0.25) is 0 Å². The van der Waals surface area contributed by atoms with Gasteiger partial charge in [-0.1, -0.05) is 41.5 Å². The molecule has 2 heteroatoms. The molecule has 0 amide bonds. The van der Waals surface area contributed by atoms with E-state index >= 15 is 0 Å². The minimum Gasteiger partial charge on any atom is -0.349 e. The monoisotopic (exact) mass is 348 g/mol. The van der Waals surface area contributed by atoms with Gasteiger partial charge in [0, 0.05) is 13.2 Å². The predicted molar refractivity (Wildman–Crippen MR) is 111 cm³/mol. The first-order valence-corrected chi connectivity index (χ1v) is 9.76. The molecule has 0 bridgehead atoms. The Bertz CT molecular complexity index is 445. The Morgan fingerprint density at radius 3 is 1.64 bits per heavy atom. The molecule has 25 heavy (non-hydrogen) atoms. The van der Waals surface area contributed by atoms with Crippen molar-refractivity contribution >= 4 is 0 Å². The lowest BCUT2D eigenvalue weighted by Gasteiger charge is -2.19. The molecule has 0 fully saturated rings. The van der Waals surface area contributed by atoms with Gasteiger partial charge in [-0.25, -0.2) is 0 Å². The number of rotatable bonds is 14. The van der Waals surface area contributed by atoms with Crippen LogP contribution >= 0.6 is 0 Å². The molecular weight excluding hydrogens is 308 g/mol. The SMILES string of the molecule is C=C(CCC=C(C)CCC=C(C)CCC=C(C)C)C(OCC)OCC. The van der Waals surface area contributed by atoms with Gasteiger partial charge in [0.2, 0.25) is 0 Å². The lowest BCUT2D eigenvalue weighted by molar-refractivity contribution is -0.112.